The lowest BCUT2D eigenvalue weighted by Gasteiger charge is -2.42. The van der Waals surface area contributed by atoms with Crippen molar-refractivity contribution in [2.45, 2.75) is 51.0 Å². The largest absolute Gasteiger partial charge is 0.381 e. The molecule has 1 aromatic rings. The van der Waals surface area contributed by atoms with Crippen molar-refractivity contribution in [3.63, 3.8) is 0 Å². The maximum Gasteiger partial charge on any atom is 0.146 e. The van der Waals surface area contributed by atoms with E-state index >= 15 is 0 Å². The van der Waals surface area contributed by atoms with Crippen LogP contribution in [0, 0.1) is 28.6 Å². The highest BCUT2D eigenvalue weighted by molar-refractivity contribution is 6.32. The molecule has 2 saturated heterocycles. The molecular formula is C25H30ClN3O2. The lowest BCUT2D eigenvalue weighted by Crippen LogP contribution is -2.56. The minimum atomic E-state index is -0.682. The number of carbonyl (C=O) groups excluding carboxylic acids is 1. The van der Waals surface area contributed by atoms with Crippen molar-refractivity contribution in [2.75, 3.05) is 13.2 Å². The van der Waals surface area contributed by atoms with Crippen molar-refractivity contribution in [3.05, 3.63) is 58.7 Å². The summed E-state index contributed by atoms with van der Waals surface area (Å²) >= 11 is 6.78. The van der Waals surface area contributed by atoms with Gasteiger partial charge in [0, 0.05) is 24.7 Å². The van der Waals surface area contributed by atoms with Crippen LogP contribution in [-0.4, -0.2) is 24.8 Å². The third-order valence-electron chi connectivity index (χ3n) is 6.18. The van der Waals surface area contributed by atoms with Gasteiger partial charge in [-0.25, -0.2) is 0 Å². The number of ketones is 1. The zero-order chi connectivity index (χ0) is 22.3. The monoisotopic (exact) mass is 439 g/mol. The molecule has 164 valence electrons. The second-order valence-corrected chi connectivity index (χ2v) is 8.86. The van der Waals surface area contributed by atoms with Crippen molar-refractivity contribution in [3.8, 4) is 6.07 Å². The highest BCUT2D eigenvalue weighted by Gasteiger charge is 2.45. The smallest absolute Gasteiger partial charge is 0.146 e. The van der Waals surface area contributed by atoms with E-state index < -0.39 is 5.54 Å². The number of nitrogens with zero attached hydrogens (tertiary/aromatic N) is 1. The van der Waals surface area contributed by atoms with E-state index in [4.69, 9.17) is 27.0 Å². The fraction of sp³-hybridized carbons (Fsp3) is 0.480. The van der Waals surface area contributed by atoms with Crippen LogP contribution in [0.25, 0.3) is 0 Å². The number of hydrogen-bond acceptors (Lipinski definition) is 4. The highest BCUT2D eigenvalue weighted by Crippen LogP contribution is 2.39. The van der Waals surface area contributed by atoms with E-state index in [1.165, 1.54) is 0 Å². The van der Waals surface area contributed by atoms with E-state index in [1.54, 1.807) is 0 Å². The molecule has 0 bridgehead atoms. The van der Waals surface area contributed by atoms with Crippen molar-refractivity contribution in [1.29, 1.82) is 10.7 Å². The van der Waals surface area contributed by atoms with Crippen molar-refractivity contribution < 1.29 is 9.53 Å². The number of amidine groups is 1. The number of hydrogen-bond donors (Lipinski definition) is 2. The summed E-state index contributed by atoms with van der Waals surface area (Å²) in [6, 6.07) is 8.00. The topological polar surface area (TPSA) is 86.0 Å². The Labute approximate surface area is 189 Å². The summed E-state index contributed by atoms with van der Waals surface area (Å²) in [4.78, 5) is 13.1. The lowest BCUT2D eigenvalue weighted by molar-refractivity contribution is -0.125. The minimum absolute atomic E-state index is 0.117. The van der Waals surface area contributed by atoms with Gasteiger partial charge in [-0.15, -0.1) is 0 Å². The molecule has 2 aliphatic heterocycles. The quantitative estimate of drug-likeness (QED) is 0.579. The van der Waals surface area contributed by atoms with Gasteiger partial charge < -0.3 is 10.1 Å². The number of allylic oxidation sites excluding steroid dienone is 4. The number of nitriles is 1. The number of benzene rings is 1. The van der Waals surface area contributed by atoms with Crippen LogP contribution in [0.5, 0.6) is 0 Å². The van der Waals surface area contributed by atoms with Crippen molar-refractivity contribution >= 4 is 23.2 Å². The van der Waals surface area contributed by atoms with Crippen LogP contribution in [0.3, 0.4) is 0 Å². The van der Waals surface area contributed by atoms with Gasteiger partial charge in [-0.2, -0.15) is 5.26 Å². The molecule has 0 spiro atoms. The van der Waals surface area contributed by atoms with Gasteiger partial charge in [0.2, 0.25) is 0 Å². The molecule has 2 fully saturated rings. The first-order valence-corrected chi connectivity index (χ1v) is 11.3. The predicted octanol–water partition coefficient (Wildman–Crippen LogP) is 5.10. The van der Waals surface area contributed by atoms with Gasteiger partial charge in [0.25, 0.3) is 0 Å². The van der Waals surface area contributed by atoms with E-state index in [-0.39, 0.29) is 17.6 Å². The second-order valence-electron chi connectivity index (χ2n) is 8.48. The average Bonchev–Trinajstić information content (AvgIpc) is 2.74. The first-order chi connectivity index (χ1) is 15.0. The Morgan fingerprint density at radius 2 is 2.06 bits per heavy atom. The van der Waals surface area contributed by atoms with E-state index in [9.17, 15) is 4.79 Å². The van der Waals surface area contributed by atoms with Gasteiger partial charge in [0.05, 0.1) is 23.9 Å². The predicted molar refractivity (Wildman–Crippen MR) is 123 cm³/mol. The number of aryl methyl sites for hydroxylation is 1. The van der Waals surface area contributed by atoms with Gasteiger partial charge in [-0.3, -0.25) is 10.2 Å². The summed E-state index contributed by atoms with van der Waals surface area (Å²) in [5.74, 6) is 0.241. The Balaban J connectivity index is 1.71. The standard InChI is InChI=1S/C25H30ClN3O2/c1-25(17-21(30)22(24(28)29-25)18-12-15-31-16-13-18)20-11-8-10-19(23(20)26)9-6-4-2-3-5-7-14-27/h2-5,8,10-11,18,22H,6-7,9,12-13,15-17H2,1H3,(H2,28,29)/b4-2-,5-3-/t22?,25-/m0/s1. The van der Waals surface area contributed by atoms with E-state index in [2.05, 4.69) is 17.5 Å². The number of nitrogens with one attached hydrogen (secondary N) is 2. The molecule has 3 rings (SSSR count). The van der Waals surface area contributed by atoms with Crippen LogP contribution in [0.2, 0.25) is 5.02 Å². The van der Waals surface area contributed by atoms with Gasteiger partial charge in [0.15, 0.2) is 0 Å². The minimum Gasteiger partial charge on any atom is -0.381 e. The van der Waals surface area contributed by atoms with E-state index in [0.29, 0.717) is 36.9 Å². The van der Waals surface area contributed by atoms with E-state index in [0.717, 1.165) is 36.8 Å². The first kappa shape index (κ1) is 23.2. The Hall–Kier alpha value is -2.42. The zero-order valence-electron chi connectivity index (χ0n) is 18.0. The summed E-state index contributed by atoms with van der Waals surface area (Å²) in [6.45, 7) is 3.29. The molecule has 0 aliphatic carbocycles. The van der Waals surface area contributed by atoms with Crippen LogP contribution in [0.4, 0.5) is 0 Å². The first-order valence-electron chi connectivity index (χ1n) is 10.9. The summed E-state index contributed by atoms with van der Waals surface area (Å²) in [7, 11) is 0. The van der Waals surface area contributed by atoms with E-state index in [1.807, 2.05) is 43.4 Å². The molecule has 2 atom stereocenters. The summed E-state index contributed by atoms with van der Waals surface area (Å²) in [6.07, 6.45) is 11.7. The van der Waals surface area contributed by atoms with Crippen LogP contribution >= 0.6 is 11.6 Å². The molecule has 2 heterocycles. The Morgan fingerprint density at radius 3 is 2.77 bits per heavy atom. The second kappa shape index (κ2) is 10.7. The molecule has 6 heteroatoms. The number of ether oxygens (including phenoxy) is 1. The Kier molecular flexibility index (Phi) is 8.06. The number of carbonyl (C=O) groups is 1. The molecular weight excluding hydrogens is 410 g/mol. The highest BCUT2D eigenvalue weighted by atomic mass is 35.5. The molecule has 2 aliphatic rings. The normalized spacial score (nSPS) is 25.1. The Morgan fingerprint density at radius 1 is 1.32 bits per heavy atom. The summed E-state index contributed by atoms with van der Waals surface area (Å²) in [5.41, 5.74) is 1.21. The van der Waals surface area contributed by atoms with Gasteiger partial charge >= 0.3 is 0 Å². The fourth-order valence-electron chi connectivity index (χ4n) is 4.56. The third-order valence-corrected chi connectivity index (χ3v) is 6.63. The molecule has 31 heavy (non-hydrogen) atoms. The van der Waals surface area contributed by atoms with Crippen LogP contribution in [0.1, 0.15) is 50.2 Å². The van der Waals surface area contributed by atoms with Crippen LogP contribution < -0.4 is 5.32 Å². The van der Waals surface area contributed by atoms with Crippen LogP contribution in [0.15, 0.2) is 42.5 Å². The molecule has 1 unspecified atom stereocenters. The van der Waals surface area contributed by atoms with Crippen LogP contribution in [-0.2, 0) is 21.5 Å². The average molecular weight is 440 g/mol. The third kappa shape index (κ3) is 5.64. The molecule has 1 aromatic carbocycles. The zero-order valence-corrected chi connectivity index (χ0v) is 18.8. The van der Waals surface area contributed by atoms with Gasteiger partial charge in [-0.1, -0.05) is 54.1 Å². The molecule has 0 radical (unpaired) electrons. The summed E-state index contributed by atoms with van der Waals surface area (Å²) in [5, 5.41) is 21.1. The fourth-order valence-corrected chi connectivity index (χ4v) is 4.99. The number of piperidine rings is 1. The van der Waals surface area contributed by atoms with Crippen molar-refractivity contribution in [1.82, 2.24) is 5.32 Å². The lowest BCUT2D eigenvalue weighted by atomic mass is 9.73. The molecule has 0 saturated carbocycles. The Bertz CT molecular complexity index is 892. The molecule has 5 nitrogen and oxygen atoms in total. The molecule has 2 N–H and O–H groups in total. The van der Waals surface area contributed by atoms with Gasteiger partial charge in [0.1, 0.15) is 11.6 Å². The number of rotatable bonds is 7. The molecule has 0 amide bonds. The SMILES string of the molecule is C[C@@]1(c2cccc(CC/C=C\C=C/CC#N)c2Cl)CC(=O)C(C2CCOCC2)C(=N)N1. The maximum atomic E-state index is 13.1. The van der Waals surface area contributed by atoms with Gasteiger partial charge in [-0.05, 0) is 49.7 Å². The maximum absolute atomic E-state index is 13.1. The number of halogens is 1. The van der Waals surface area contributed by atoms with Crippen molar-refractivity contribution in [2.24, 2.45) is 11.8 Å². The molecule has 0 aromatic heterocycles. The summed E-state index contributed by atoms with van der Waals surface area (Å²) < 4.78 is 5.42. The number of Topliss-reactive ketones (excluding diaryl/α,β-unsaturated/α-hetero) is 1.